The van der Waals surface area contributed by atoms with E-state index in [-0.39, 0.29) is 5.41 Å². The fourth-order valence-corrected chi connectivity index (χ4v) is 7.42. The topological polar surface area (TPSA) is 17.8 Å². The Bertz CT molecular complexity index is 1090. The molecule has 0 spiro atoms. The smallest absolute Gasteiger partial charge is 0.112 e. The number of nitrogens with zero attached hydrogens (tertiary/aromatic N) is 2. The molecule has 2 unspecified atom stereocenters. The number of hydrogen-bond donors (Lipinski definition) is 0. The van der Waals surface area contributed by atoms with Gasteiger partial charge in [0.2, 0.25) is 0 Å². The molecule has 2 atom stereocenters. The minimum absolute atomic E-state index is 0.0232. The van der Waals surface area contributed by atoms with E-state index < -0.39 is 0 Å². The van der Waals surface area contributed by atoms with Crippen LogP contribution < -0.4 is 0 Å². The van der Waals surface area contributed by atoms with Crippen LogP contribution in [0.1, 0.15) is 178 Å². The summed E-state index contributed by atoms with van der Waals surface area (Å²) >= 11 is 0. The first-order valence-corrected chi connectivity index (χ1v) is 19.3. The molecule has 0 N–H and O–H groups in total. The molecule has 1 aromatic heterocycles. The first-order chi connectivity index (χ1) is 22.2. The highest BCUT2D eigenvalue weighted by Crippen LogP contribution is 2.44. The largest absolute Gasteiger partial charge is 0.335 e. The third-order valence-electron chi connectivity index (χ3n) is 10.3. The van der Waals surface area contributed by atoms with Crippen molar-refractivity contribution in [2.24, 2.45) is 0 Å². The van der Waals surface area contributed by atoms with Crippen molar-refractivity contribution < 1.29 is 0 Å². The van der Waals surface area contributed by atoms with Crippen molar-refractivity contribution in [2.45, 2.75) is 180 Å². The zero-order chi connectivity index (χ0) is 31.8. The van der Waals surface area contributed by atoms with Gasteiger partial charge in [-0.1, -0.05) is 203 Å². The molecule has 0 radical (unpaired) electrons. The van der Waals surface area contributed by atoms with Gasteiger partial charge in [-0.15, -0.1) is 0 Å². The van der Waals surface area contributed by atoms with Gasteiger partial charge in [0.25, 0.3) is 0 Å². The summed E-state index contributed by atoms with van der Waals surface area (Å²) in [6, 6.07) is 22.5. The normalized spacial score (nSPS) is 13.6. The summed E-state index contributed by atoms with van der Waals surface area (Å²) in [6.45, 7) is 8.20. The summed E-state index contributed by atoms with van der Waals surface area (Å²) in [7, 11) is 0. The highest BCUT2D eigenvalue weighted by Gasteiger charge is 2.39. The van der Waals surface area contributed by atoms with Crippen molar-refractivity contribution in [1.82, 2.24) is 9.55 Å². The van der Waals surface area contributed by atoms with Gasteiger partial charge in [-0.2, -0.15) is 0 Å². The first-order valence-electron chi connectivity index (χ1n) is 19.3. The lowest BCUT2D eigenvalue weighted by Gasteiger charge is -2.39. The Kier molecular flexibility index (Phi) is 19.0. The number of benzene rings is 2. The Morgan fingerprint density at radius 3 is 1.58 bits per heavy atom. The van der Waals surface area contributed by atoms with Gasteiger partial charge < -0.3 is 4.57 Å². The van der Waals surface area contributed by atoms with Crippen LogP contribution in [0.4, 0.5) is 0 Å². The minimum Gasteiger partial charge on any atom is -0.335 e. The van der Waals surface area contributed by atoms with E-state index in [0.717, 1.165) is 13.0 Å². The van der Waals surface area contributed by atoms with Gasteiger partial charge in [-0.3, -0.25) is 0 Å². The summed E-state index contributed by atoms with van der Waals surface area (Å²) in [5, 5.41) is 0. The van der Waals surface area contributed by atoms with Gasteiger partial charge in [0.15, 0.2) is 0 Å². The maximum atomic E-state index is 5.10. The highest BCUT2D eigenvalue weighted by atomic mass is 15.1. The van der Waals surface area contributed by atoms with E-state index in [1.807, 2.05) is 0 Å². The minimum atomic E-state index is -0.0232. The van der Waals surface area contributed by atoms with Crippen LogP contribution in [0.5, 0.6) is 0 Å². The molecule has 0 fully saturated rings. The van der Waals surface area contributed by atoms with Crippen molar-refractivity contribution in [3.05, 3.63) is 90.0 Å². The van der Waals surface area contributed by atoms with Gasteiger partial charge >= 0.3 is 0 Å². The van der Waals surface area contributed by atoms with E-state index >= 15 is 0 Å². The number of aryl methyl sites for hydroxylation is 1. The van der Waals surface area contributed by atoms with Gasteiger partial charge in [-0.25, -0.2) is 4.98 Å². The second-order valence-corrected chi connectivity index (χ2v) is 14.1. The molecular weight excluding hydrogens is 544 g/mol. The number of hydrogen-bond acceptors (Lipinski definition) is 1. The average Bonchev–Trinajstić information content (AvgIpc) is 3.53. The van der Waals surface area contributed by atoms with Crippen LogP contribution in [0.2, 0.25) is 0 Å². The molecule has 3 aromatic rings. The fourth-order valence-electron chi connectivity index (χ4n) is 7.42. The molecule has 45 heavy (non-hydrogen) atoms. The van der Waals surface area contributed by atoms with Crippen LogP contribution in [0.25, 0.3) is 0 Å². The van der Waals surface area contributed by atoms with Crippen LogP contribution in [-0.2, 0) is 18.4 Å². The van der Waals surface area contributed by atoms with Gasteiger partial charge in [0.1, 0.15) is 5.82 Å². The summed E-state index contributed by atoms with van der Waals surface area (Å²) in [6.07, 6.45) is 34.3. The standard InChI is InChI=1S/C43H68N2/c1-4-6-8-10-11-12-13-14-15-16-17-18-19-20-21-28-34-41(42-44-35-37-45(42)36-29-9-7-5-2)43(3,40-32-26-23-27-33-40)38-39-30-24-22-25-31-39/h22-27,30-33,35,37,41H,4-21,28-29,34,36,38H2,1-3H3. The van der Waals surface area contributed by atoms with E-state index in [2.05, 4.69) is 98.4 Å². The number of aromatic nitrogens is 2. The monoisotopic (exact) mass is 613 g/mol. The summed E-state index contributed by atoms with van der Waals surface area (Å²) in [4.78, 5) is 5.10. The molecule has 0 aliphatic carbocycles. The van der Waals surface area contributed by atoms with E-state index in [1.54, 1.807) is 0 Å². The van der Waals surface area contributed by atoms with Crippen molar-refractivity contribution in [1.29, 1.82) is 0 Å². The molecule has 250 valence electrons. The Hall–Kier alpha value is -2.35. The van der Waals surface area contributed by atoms with Crippen LogP contribution in [0.15, 0.2) is 73.1 Å². The highest BCUT2D eigenvalue weighted by molar-refractivity contribution is 5.33. The van der Waals surface area contributed by atoms with Gasteiger partial charge in [0.05, 0.1) is 0 Å². The Morgan fingerprint density at radius 1 is 0.578 bits per heavy atom. The van der Waals surface area contributed by atoms with E-state index in [0.29, 0.717) is 5.92 Å². The van der Waals surface area contributed by atoms with E-state index in [9.17, 15) is 0 Å². The van der Waals surface area contributed by atoms with Crippen LogP contribution in [-0.4, -0.2) is 9.55 Å². The molecule has 2 nitrogen and oxygen atoms in total. The second kappa shape index (κ2) is 23.0. The van der Waals surface area contributed by atoms with E-state index in [1.165, 1.54) is 152 Å². The average molecular weight is 613 g/mol. The molecule has 0 aliphatic heterocycles. The molecule has 0 saturated heterocycles. The molecule has 2 aromatic carbocycles. The second-order valence-electron chi connectivity index (χ2n) is 14.1. The maximum absolute atomic E-state index is 5.10. The third kappa shape index (κ3) is 13.9. The lowest BCUT2D eigenvalue weighted by Crippen LogP contribution is -2.35. The van der Waals surface area contributed by atoms with Crippen LogP contribution in [0.3, 0.4) is 0 Å². The van der Waals surface area contributed by atoms with Crippen LogP contribution in [0, 0.1) is 0 Å². The van der Waals surface area contributed by atoms with Gasteiger partial charge in [0, 0.05) is 30.3 Å². The lowest BCUT2D eigenvalue weighted by atomic mass is 9.66. The Balaban J connectivity index is 1.54. The molecule has 0 bridgehead atoms. The number of rotatable bonds is 27. The molecule has 0 saturated carbocycles. The maximum Gasteiger partial charge on any atom is 0.112 e. The van der Waals surface area contributed by atoms with Crippen molar-refractivity contribution in [2.75, 3.05) is 0 Å². The SMILES string of the molecule is CCCCCCCCCCCCCCCCCCC(c1nccn1CCCCCC)C(C)(Cc1ccccc1)c1ccccc1. The molecule has 3 rings (SSSR count). The predicted molar refractivity (Wildman–Crippen MR) is 197 cm³/mol. The fraction of sp³-hybridized carbons (Fsp3) is 0.651. The van der Waals surface area contributed by atoms with Crippen molar-refractivity contribution in [3.63, 3.8) is 0 Å². The molecule has 2 heteroatoms. The molecular formula is C43H68N2. The lowest BCUT2D eigenvalue weighted by molar-refractivity contribution is 0.321. The number of imidazole rings is 1. The number of unbranched alkanes of at least 4 members (excludes halogenated alkanes) is 18. The Morgan fingerprint density at radius 2 is 1.04 bits per heavy atom. The predicted octanol–water partition coefficient (Wildman–Crippen LogP) is 13.4. The Labute approximate surface area is 278 Å². The van der Waals surface area contributed by atoms with Crippen molar-refractivity contribution >= 4 is 0 Å². The van der Waals surface area contributed by atoms with Gasteiger partial charge in [-0.05, 0) is 30.4 Å². The molecule has 0 aliphatic rings. The van der Waals surface area contributed by atoms with E-state index in [4.69, 9.17) is 4.98 Å². The summed E-state index contributed by atoms with van der Waals surface area (Å²) in [5.41, 5.74) is 2.84. The van der Waals surface area contributed by atoms with Crippen LogP contribution >= 0.6 is 0 Å². The zero-order valence-electron chi connectivity index (χ0n) is 29.7. The first kappa shape index (κ1) is 37.1. The van der Waals surface area contributed by atoms with Crippen molar-refractivity contribution in [3.8, 4) is 0 Å². The molecule has 0 amide bonds. The summed E-state index contributed by atoms with van der Waals surface area (Å²) < 4.78 is 2.50. The summed E-state index contributed by atoms with van der Waals surface area (Å²) in [5.74, 6) is 1.68. The third-order valence-corrected chi connectivity index (χ3v) is 10.3. The quantitative estimate of drug-likeness (QED) is 0.0783. The zero-order valence-corrected chi connectivity index (χ0v) is 29.7. The molecule has 1 heterocycles.